The van der Waals surface area contributed by atoms with Crippen LogP contribution in [0.5, 0.6) is 0 Å². The van der Waals surface area contributed by atoms with Gasteiger partial charge in [0.25, 0.3) is 0 Å². The van der Waals surface area contributed by atoms with Gasteiger partial charge in [-0.25, -0.2) is 5.84 Å². The summed E-state index contributed by atoms with van der Waals surface area (Å²) in [5, 5.41) is 1.53. The number of hydrogen-bond donors (Lipinski definition) is 1. The number of allylic oxidation sites excluding steroid dienone is 2. The number of rotatable bonds is 0. The van der Waals surface area contributed by atoms with Gasteiger partial charge in [-0.2, -0.15) is 0 Å². The van der Waals surface area contributed by atoms with Crippen LogP contribution in [0.1, 0.15) is 9.27 Å². The van der Waals surface area contributed by atoms with E-state index in [1.807, 2.05) is 24.6 Å². The van der Waals surface area contributed by atoms with Crippen molar-refractivity contribution in [2.45, 2.75) is 6.42 Å². The number of nitrogens with zero attached hydrogens (tertiary/aromatic N) is 1. The van der Waals surface area contributed by atoms with Crippen LogP contribution in [0.3, 0.4) is 0 Å². The van der Waals surface area contributed by atoms with Crippen molar-refractivity contribution in [2.24, 2.45) is 5.84 Å². The van der Waals surface area contributed by atoms with Crippen LogP contribution in [0.15, 0.2) is 24.6 Å². The summed E-state index contributed by atoms with van der Waals surface area (Å²) in [4.78, 5) is 0. The average molecular weight is 138 g/mol. The Bertz CT molecular complexity index is 104. The Hall–Kier alpha value is 0.500. The molecule has 0 unspecified atom stereocenters. The molecular weight excluding hydrogens is 128 g/mol. The van der Waals surface area contributed by atoms with Crippen LogP contribution < -0.4 is 5.84 Å². The van der Waals surface area contributed by atoms with Crippen LogP contribution in [0.4, 0.5) is 0 Å². The SMILES string of the molecule is NN1C=CCC=C1.[Ca+2].[H-].[H-]. The topological polar surface area (TPSA) is 29.3 Å². The fraction of sp³-hybridized carbons (Fsp3) is 0.200. The zero-order valence-electron chi connectivity index (χ0n) is 6.75. The summed E-state index contributed by atoms with van der Waals surface area (Å²) >= 11 is 0. The third-order valence-corrected chi connectivity index (χ3v) is 0.827. The van der Waals surface area contributed by atoms with E-state index in [1.54, 1.807) is 0 Å². The Balaban J connectivity index is -0.000000163. The molecule has 0 atom stereocenters. The van der Waals surface area contributed by atoms with Crippen molar-refractivity contribution in [3.05, 3.63) is 24.6 Å². The Labute approximate surface area is 82.0 Å². The van der Waals surface area contributed by atoms with Crippen LogP contribution in [-0.4, -0.2) is 42.7 Å². The molecule has 0 bridgehead atoms. The predicted octanol–water partition coefficient (Wildman–Crippen LogP) is 0.437. The molecule has 0 fully saturated rings. The molecule has 0 amide bonds. The predicted molar refractivity (Wildman–Crippen MR) is 36.9 cm³/mol. The fourth-order valence-corrected chi connectivity index (χ4v) is 0.493. The van der Waals surface area contributed by atoms with Gasteiger partial charge in [0, 0.05) is 12.4 Å². The molecule has 0 saturated carbocycles. The molecule has 1 heterocycles. The van der Waals surface area contributed by atoms with E-state index < -0.39 is 0 Å². The van der Waals surface area contributed by atoms with Crippen LogP contribution in [0, 0.1) is 0 Å². The minimum Gasteiger partial charge on any atom is -1.00 e. The third-order valence-electron chi connectivity index (χ3n) is 0.827. The summed E-state index contributed by atoms with van der Waals surface area (Å²) < 4.78 is 0. The maximum atomic E-state index is 5.29. The minimum atomic E-state index is 0. The van der Waals surface area contributed by atoms with Crippen molar-refractivity contribution in [1.82, 2.24) is 5.01 Å². The van der Waals surface area contributed by atoms with Gasteiger partial charge in [-0.05, 0) is 6.42 Å². The molecule has 0 radical (unpaired) electrons. The molecule has 0 spiro atoms. The molecule has 2 nitrogen and oxygen atoms in total. The van der Waals surface area contributed by atoms with Crippen LogP contribution in [-0.2, 0) is 0 Å². The number of hydrazine groups is 1. The first-order chi connectivity index (χ1) is 3.39. The van der Waals surface area contributed by atoms with Gasteiger partial charge >= 0.3 is 37.7 Å². The second-order valence-corrected chi connectivity index (χ2v) is 1.45. The van der Waals surface area contributed by atoms with Gasteiger partial charge in [-0.15, -0.1) is 0 Å². The zero-order chi connectivity index (χ0) is 5.11. The van der Waals surface area contributed by atoms with E-state index >= 15 is 0 Å². The Kier molecular flexibility index (Phi) is 4.66. The van der Waals surface area contributed by atoms with E-state index in [1.165, 1.54) is 5.01 Å². The Morgan fingerprint density at radius 2 is 1.88 bits per heavy atom. The van der Waals surface area contributed by atoms with Crippen molar-refractivity contribution < 1.29 is 2.85 Å². The molecular formula is C5H10CaN2. The van der Waals surface area contributed by atoms with Crippen molar-refractivity contribution in [3.63, 3.8) is 0 Å². The molecule has 0 saturated heterocycles. The third kappa shape index (κ3) is 2.72. The summed E-state index contributed by atoms with van der Waals surface area (Å²) in [5.41, 5.74) is 0. The summed E-state index contributed by atoms with van der Waals surface area (Å²) in [7, 11) is 0. The van der Waals surface area contributed by atoms with E-state index in [0.717, 1.165) is 6.42 Å². The molecule has 2 N–H and O–H groups in total. The molecule has 0 aromatic carbocycles. The Morgan fingerprint density at radius 1 is 1.38 bits per heavy atom. The second kappa shape index (κ2) is 4.39. The van der Waals surface area contributed by atoms with E-state index in [9.17, 15) is 0 Å². The second-order valence-electron chi connectivity index (χ2n) is 1.45. The molecule has 8 heavy (non-hydrogen) atoms. The maximum Gasteiger partial charge on any atom is 2.00 e. The van der Waals surface area contributed by atoms with Gasteiger partial charge in [0.15, 0.2) is 0 Å². The van der Waals surface area contributed by atoms with Gasteiger partial charge in [-0.1, -0.05) is 12.2 Å². The van der Waals surface area contributed by atoms with Crippen LogP contribution in [0.2, 0.25) is 0 Å². The quantitative estimate of drug-likeness (QED) is 0.389. The van der Waals surface area contributed by atoms with Gasteiger partial charge in [0.05, 0.1) is 0 Å². The summed E-state index contributed by atoms with van der Waals surface area (Å²) in [6.07, 6.45) is 8.67. The fourth-order valence-electron chi connectivity index (χ4n) is 0.493. The summed E-state index contributed by atoms with van der Waals surface area (Å²) in [6, 6.07) is 0. The molecule has 1 aliphatic rings. The van der Waals surface area contributed by atoms with Crippen molar-refractivity contribution >= 4 is 37.7 Å². The van der Waals surface area contributed by atoms with Gasteiger partial charge in [0.1, 0.15) is 0 Å². The summed E-state index contributed by atoms with van der Waals surface area (Å²) in [6.45, 7) is 0. The van der Waals surface area contributed by atoms with E-state index in [2.05, 4.69) is 0 Å². The van der Waals surface area contributed by atoms with E-state index in [4.69, 9.17) is 5.84 Å². The van der Waals surface area contributed by atoms with Crippen molar-refractivity contribution in [3.8, 4) is 0 Å². The molecule has 3 heteroatoms. The number of nitrogens with two attached hydrogens (primary N) is 1. The molecule has 1 rings (SSSR count). The smallest absolute Gasteiger partial charge is 1.00 e. The monoisotopic (exact) mass is 138 g/mol. The van der Waals surface area contributed by atoms with Crippen molar-refractivity contribution in [2.75, 3.05) is 0 Å². The number of hydrogen-bond acceptors (Lipinski definition) is 2. The van der Waals surface area contributed by atoms with Gasteiger partial charge in [-0.3, -0.25) is 5.01 Å². The van der Waals surface area contributed by atoms with E-state index in [0.29, 0.717) is 0 Å². The van der Waals surface area contributed by atoms with Gasteiger partial charge < -0.3 is 2.85 Å². The minimum absolute atomic E-state index is 0. The standard InChI is InChI=1S/C5H8N2.Ca.2H/c6-7-4-2-1-3-5-7;;;/h2-5H,1,6H2;;;/q;+2;2*-1. The summed E-state index contributed by atoms with van der Waals surface area (Å²) in [5.74, 6) is 5.29. The first kappa shape index (κ1) is 8.50. The van der Waals surface area contributed by atoms with Gasteiger partial charge in [0.2, 0.25) is 0 Å². The molecule has 0 aromatic rings. The largest absolute Gasteiger partial charge is 2.00 e. The average Bonchev–Trinajstić information content (AvgIpc) is 1.69. The van der Waals surface area contributed by atoms with E-state index in [-0.39, 0.29) is 40.6 Å². The first-order valence-corrected chi connectivity index (χ1v) is 2.26. The first-order valence-electron chi connectivity index (χ1n) is 2.26. The molecule has 0 aromatic heterocycles. The van der Waals surface area contributed by atoms with Crippen LogP contribution in [0.25, 0.3) is 0 Å². The molecule has 1 aliphatic heterocycles. The van der Waals surface area contributed by atoms with Crippen molar-refractivity contribution in [1.29, 1.82) is 0 Å². The Morgan fingerprint density at radius 3 is 2.12 bits per heavy atom. The maximum absolute atomic E-state index is 5.29. The van der Waals surface area contributed by atoms with Crippen LogP contribution >= 0.6 is 0 Å². The normalized spacial score (nSPS) is 15.9. The molecule has 42 valence electrons. The molecule has 0 aliphatic carbocycles. The zero-order valence-corrected chi connectivity index (χ0v) is 6.96.